The molecule has 1 aliphatic rings. The predicted molar refractivity (Wildman–Crippen MR) is 41.9 cm³/mol. The summed E-state index contributed by atoms with van der Waals surface area (Å²) in [5, 5.41) is 8.69. The quantitative estimate of drug-likeness (QED) is 0.615. The zero-order valence-electron chi connectivity index (χ0n) is 6.88. The van der Waals surface area contributed by atoms with Crippen LogP contribution in [0.5, 0.6) is 0 Å². The number of likely N-dealkylation sites (tertiary alicyclic amines) is 1. The number of hydrogen-bond donors (Lipinski definition) is 1. The molecule has 1 aliphatic heterocycles. The molecule has 0 spiro atoms. The minimum absolute atomic E-state index is 0.303. The molecular weight excluding hydrogens is 126 g/mol. The van der Waals surface area contributed by atoms with Gasteiger partial charge in [0.1, 0.15) is 0 Å². The summed E-state index contributed by atoms with van der Waals surface area (Å²) in [7, 11) is 0. The summed E-state index contributed by atoms with van der Waals surface area (Å²) in [6, 6.07) is 0.673. The number of nitrogens with zero attached hydrogens (tertiary/aromatic N) is 1. The highest BCUT2D eigenvalue weighted by Gasteiger charge is 2.25. The van der Waals surface area contributed by atoms with Gasteiger partial charge in [0.15, 0.2) is 0 Å². The summed E-state index contributed by atoms with van der Waals surface area (Å²) in [5.41, 5.74) is 0. The van der Waals surface area contributed by atoms with E-state index in [1.54, 1.807) is 0 Å². The average Bonchev–Trinajstić information content (AvgIpc) is 2.20. The molecule has 0 amide bonds. The van der Waals surface area contributed by atoms with E-state index in [9.17, 15) is 0 Å². The Morgan fingerprint density at radius 3 is 2.60 bits per heavy atom. The number of hydrogen-bond acceptors (Lipinski definition) is 2. The standard InChI is InChI=1S/C8H17NO/c1-7-3-4-9(5-6-10)8(7)2/h7-8,10H,3-6H2,1-2H3/t7-,8?/m1/s1. The van der Waals surface area contributed by atoms with Gasteiger partial charge in [0, 0.05) is 12.6 Å². The fourth-order valence-electron chi connectivity index (χ4n) is 1.62. The molecular formula is C8H17NO. The van der Waals surface area contributed by atoms with Crippen LogP contribution in [0.2, 0.25) is 0 Å². The molecule has 0 radical (unpaired) electrons. The Balaban J connectivity index is 2.33. The van der Waals surface area contributed by atoms with Crippen molar-refractivity contribution in [1.29, 1.82) is 0 Å². The van der Waals surface area contributed by atoms with Gasteiger partial charge >= 0.3 is 0 Å². The first-order valence-corrected chi connectivity index (χ1v) is 4.10. The van der Waals surface area contributed by atoms with Crippen LogP contribution in [0.4, 0.5) is 0 Å². The van der Waals surface area contributed by atoms with Crippen LogP contribution in [-0.2, 0) is 0 Å². The van der Waals surface area contributed by atoms with Gasteiger partial charge in [-0.15, -0.1) is 0 Å². The van der Waals surface area contributed by atoms with Gasteiger partial charge < -0.3 is 5.11 Å². The van der Waals surface area contributed by atoms with Gasteiger partial charge in [0.05, 0.1) is 6.61 Å². The van der Waals surface area contributed by atoms with Crippen molar-refractivity contribution >= 4 is 0 Å². The third-order valence-electron chi connectivity index (χ3n) is 2.66. The summed E-state index contributed by atoms with van der Waals surface area (Å²) in [6.07, 6.45) is 1.29. The Kier molecular flexibility index (Phi) is 2.69. The maximum atomic E-state index is 8.69. The topological polar surface area (TPSA) is 23.5 Å². The Bertz CT molecular complexity index is 103. The van der Waals surface area contributed by atoms with Crippen molar-refractivity contribution in [3.8, 4) is 0 Å². The van der Waals surface area contributed by atoms with Crippen LogP contribution in [0.15, 0.2) is 0 Å². The number of rotatable bonds is 2. The molecule has 0 aromatic heterocycles. The Morgan fingerprint density at radius 2 is 2.20 bits per heavy atom. The van der Waals surface area contributed by atoms with E-state index in [1.165, 1.54) is 13.0 Å². The van der Waals surface area contributed by atoms with Crippen molar-refractivity contribution in [3.05, 3.63) is 0 Å². The number of aliphatic hydroxyl groups excluding tert-OH is 1. The molecule has 0 saturated carbocycles. The largest absolute Gasteiger partial charge is 0.395 e. The fourth-order valence-corrected chi connectivity index (χ4v) is 1.62. The minimum atomic E-state index is 0.303. The summed E-state index contributed by atoms with van der Waals surface area (Å²) in [6.45, 7) is 6.85. The van der Waals surface area contributed by atoms with Crippen LogP contribution in [0.3, 0.4) is 0 Å². The second-order valence-electron chi connectivity index (χ2n) is 3.27. The van der Waals surface area contributed by atoms with E-state index in [1.807, 2.05) is 0 Å². The van der Waals surface area contributed by atoms with E-state index >= 15 is 0 Å². The number of β-amino-alcohol motifs (C(OH)–C–C–N with tert-alkyl or cyclic N) is 1. The van der Waals surface area contributed by atoms with E-state index in [2.05, 4.69) is 18.7 Å². The van der Waals surface area contributed by atoms with E-state index < -0.39 is 0 Å². The zero-order chi connectivity index (χ0) is 7.56. The molecule has 1 N–H and O–H groups in total. The van der Waals surface area contributed by atoms with Gasteiger partial charge in [-0.05, 0) is 25.8 Å². The first kappa shape index (κ1) is 8.02. The van der Waals surface area contributed by atoms with Gasteiger partial charge in [-0.2, -0.15) is 0 Å². The lowest BCUT2D eigenvalue weighted by atomic mass is 10.1. The second kappa shape index (κ2) is 3.35. The molecule has 2 atom stereocenters. The first-order valence-electron chi connectivity index (χ1n) is 4.10. The molecule has 1 fully saturated rings. The molecule has 10 heavy (non-hydrogen) atoms. The van der Waals surface area contributed by atoms with Gasteiger partial charge in [0.25, 0.3) is 0 Å². The number of aliphatic hydroxyl groups is 1. The molecule has 2 heteroatoms. The molecule has 60 valence electrons. The van der Waals surface area contributed by atoms with E-state index in [0.29, 0.717) is 12.6 Å². The summed E-state index contributed by atoms with van der Waals surface area (Å²) in [4.78, 5) is 2.35. The molecule has 2 nitrogen and oxygen atoms in total. The van der Waals surface area contributed by atoms with Crippen LogP contribution in [-0.4, -0.2) is 35.7 Å². The van der Waals surface area contributed by atoms with E-state index in [-0.39, 0.29) is 0 Å². The summed E-state index contributed by atoms with van der Waals surface area (Å²) >= 11 is 0. The van der Waals surface area contributed by atoms with Crippen molar-refractivity contribution < 1.29 is 5.11 Å². The fraction of sp³-hybridized carbons (Fsp3) is 1.00. The average molecular weight is 143 g/mol. The van der Waals surface area contributed by atoms with Crippen LogP contribution >= 0.6 is 0 Å². The van der Waals surface area contributed by atoms with E-state index in [0.717, 1.165) is 12.5 Å². The van der Waals surface area contributed by atoms with Gasteiger partial charge in [-0.25, -0.2) is 0 Å². The molecule has 0 aromatic carbocycles. The highest BCUT2D eigenvalue weighted by molar-refractivity contribution is 4.80. The third kappa shape index (κ3) is 1.50. The van der Waals surface area contributed by atoms with Crippen LogP contribution in [0.25, 0.3) is 0 Å². The lowest BCUT2D eigenvalue weighted by Crippen LogP contribution is -2.31. The molecule has 0 bridgehead atoms. The Labute approximate surface area is 62.8 Å². The van der Waals surface area contributed by atoms with Gasteiger partial charge in [-0.3, -0.25) is 4.90 Å². The Morgan fingerprint density at radius 1 is 1.50 bits per heavy atom. The lowest BCUT2D eigenvalue weighted by Gasteiger charge is -2.21. The maximum absolute atomic E-state index is 8.69. The van der Waals surface area contributed by atoms with Crippen molar-refractivity contribution in [2.24, 2.45) is 5.92 Å². The van der Waals surface area contributed by atoms with Crippen LogP contribution in [0.1, 0.15) is 20.3 Å². The predicted octanol–water partition coefficient (Wildman–Crippen LogP) is 0.709. The molecule has 0 aromatic rings. The second-order valence-corrected chi connectivity index (χ2v) is 3.27. The van der Waals surface area contributed by atoms with Crippen LogP contribution < -0.4 is 0 Å². The first-order chi connectivity index (χ1) is 4.75. The highest BCUT2D eigenvalue weighted by Crippen LogP contribution is 2.22. The van der Waals surface area contributed by atoms with Gasteiger partial charge in [0.2, 0.25) is 0 Å². The van der Waals surface area contributed by atoms with Crippen LogP contribution in [0, 0.1) is 5.92 Å². The monoisotopic (exact) mass is 143 g/mol. The van der Waals surface area contributed by atoms with E-state index in [4.69, 9.17) is 5.11 Å². The smallest absolute Gasteiger partial charge is 0.0558 e. The van der Waals surface area contributed by atoms with Crippen molar-refractivity contribution in [1.82, 2.24) is 4.90 Å². The van der Waals surface area contributed by atoms with Crippen molar-refractivity contribution in [2.45, 2.75) is 26.3 Å². The minimum Gasteiger partial charge on any atom is -0.395 e. The Hall–Kier alpha value is -0.0800. The highest BCUT2D eigenvalue weighted by atomic mass is 16.3. The SMILES string of the molecule is CC1[C@H](C)CCN1CCO. The normalized spacial score (nSPS) is 35.1. The molecule has 1 saturated heterocycles. The lowest BCUT2D eigenvalue weighted by molar-refractivity contribution is 0.182. The van der Waals surface area contributed by atoms with Gasteiger partial charge in [-0.1, -0.05) is 6.92 Å². The molecule has 1 heterocycles. The molecule has 1 rings (SSSR count). The zero-order valence-corrected chi connectivity index (χ0v) is 6.88. The molecule has 0 aliphatic carbocycles. The maximum Gasteiger partial charge on any atom is 0.0558 e. The van der Waals surface area contributed by atoms with Crippen molar-refractivity contribution in [3.63, 3.8) is 0 Å². The third-order valence-corrected chi connectivity index (χ3v) is 2.66. The summed E-state index contributed by atoms with van der Waals surface area (Å²) in [5.74, 6) is 0.812. The van der Waals surface area contributed by atoms with Crippen molar-refractivity contribution in [2.75, 3.05) is 19.7 Å². The molecule has 1 unspecified atom stereocenters. The summed E-state index contributed by atoms with van der Waals surface area (Å²) < 4.78 is 0.